The third-order valence-electron chi connectivity index (χ3n) is 2.88. The topological polar surface area (TPSA) is 112 Å². The van der Waals surface area contributed by atoms with Gasteiger partial charge in [0, 0.05) is 13.1 Å². The van der Waals surface area contributed by atoms with Gasteiger partial charge in [-0.05, 0) is 26.8 Å². The lowest BCUT2D eigenvalue weighted by atomic mass is 9.91. The number of ether oxygens (including phenoxy) is 1. The highest BCUT2D eigenvalue weighted by atomic mass is 32.2. The summed E-state index contributed by atoms with van der Waals surface area (Å²) < 4.78 is 31.9. The second-order valence-corrected chi connectivity index (χ2v) is 5.84. The van der Waals surface area contributed by atoms with Gasteiger partial charge in [0.05, 0.1) is 12.7 Å². The summed E-state index contributed by atoms with van der Waals surface area (Å²) in [6.45, 7) is 2.84. The van der Waals surface area contributed by atoms with E-state index >= 15 is 0 Å². The van der Waals surface area contributed by atoms with Crippen LogP contribution in [0.2, 0.25) is 0 Å². The molecule has 0 atom stereocenters. The lowest BCUT2D eigenvalue weighted by molar-refractivity contribution is 0.158. The van der Waals surface area contributed by atoms with Crippen LogP contribution in [0.3, 0.4) is 0 Å². The van der Waals surface area contributed by atoms with Crippen LogP contribution in [0.4, 0.5) is 4.79 Å². The summed E-state index contributed by atoms with van der Waals surface area (Å²) in [7, 11) is -2.21. The highest BCUT2D eigenvalue weighted by molar-refractivity contribution is 7.88. The van der Waals surface area contributed by atoms with Crippen LogP contribution in [0.5, 0.6) is 0 Å². The zero-order valence-corrected chi connectivity index (χ0v) is 11.8. The van der Waals surface area contributed by atoms with Crippen molar-refractivity contribution in [3.05, 3.63) is 0 Å². The number of piperidine rings is 1. The molecule has 1 fully saturated rings. The number of amides is 1. The first-order chi connectivity index (χ1) is 8.82. The van der Waals surface area contributed by atoms with E-state index in [9.17, 15) is 18.5 Å². The number of carbonyl (C=O) groups is 1. The Morgan fingerprint density at radius 1 is 1.47 bits per heavy atom. The molecule has 1 amide bonds. The molecule has 2 N–H and O–H groups in total. The fourth-order valence-electron chi connectivity index (χ4n) is 1.79. The average molecular weight is 290 g/mol. The summed E-state index contributed by atoms with van der Waals surface area (Å²) in [6, 6.07) is 1.99. The maximum atomic E-state index is 11.7. The number of likely N-dealkylation sites (tertiary alicyclic amines) is 1. The lowest BCUT2D eigenvalue weighted by Crippen LogP contribution is -2.57. The van der Waals surface area contributed by atoms with Crippen molar-refractivity contribution in [1.29, 1.82) is 5.26 Å². The Kier molecular flexibility index (Phi) is 5.11. The van der Waals surface area contributed by atoms with E-state index in [-0.39, 0.29) is 6.61 Å². The van der Waals surface area contributed by atoms with Crippen LogP contribution in [0, 0.1) is 11.3 Å². The van der Waals surface area contributed by atoms with Gasteiger partial charge in [0.15, 0.2) is 0 Å². The van der Waals surface area contributed by atoms with Gasteiger partial charge in [-0.1, -0.05) is 0 Å². The van der Waals surface area contributed by atoms with Gasteiger partial charge in [0.25, 0.3) is 0 Å². The van der Waals surface area contributed by atoms with E-state index in [2.05, 4.69) is 9.46 Å². The predicted molar refractivity (Wildman–Crippen MR) is 67.3 cm³/mol. The molecule has 0 aromatic carbocycles. The second kappa shape index (κ2) is 6.18. The first-order valence-electron chi connectivity index (χ1n) is 5.91. The number of hydrogen-bond donors (Lipinski definition) is 2. The van der Waals surface area contributed by atoms with Crippen LogP contribution in [0.15, 0.2) is 0 Å². The molecular weight excluding hydrogens is 272 g/mol. The minimum absolute atomic E-state index is 0.0650. The van der Waals surface area contributed by atoms with E-state index in [0.29, 0.717) is 25.9 Å². The van der Waals surface area contributed by atoms with Gasteiger partial charge in [-0.3, -0.25) is 0 Å². The molecule has 0 bridgehead atoms. The van der Waals surface area contributed by atoms with Crippen LogP contribution < -0.4 is 9.44 Å². The van der Waals surface area contributed by atoms with E-state index in [4.69, 9.17) is 0 Å². The molecule has 8 nitrogen and oxygen atoms in total. The predicted octanol–water partition coefficient (Wildman–Crippen LogP) is -0.445. The number of carbonyl (C=O) groups excluding carboxylic acids is 1. The van der Waals surface area contributed by atoms with E-state index in [1.54, 1.807) is 11.6 Å². The Bertz CT molecular complexity index is 462. The minimum Gasteiger partial charge on any atom is -0.449 e. The molecule has 1 aliphatic heterocycles. The van der Waals surface area contributed by atoms with E-state index < -0.39 is 21.8 Å². The van der Waals surface area contributed by atoms with E-state index in [0.717, 1.165) is 0 Å². The quantitative estimate of drug-likeness (QED) is 0.725. The maximum Gasteiger partial charge on any atom is 0.421 e. The van der Waals surface area contributed by atoms with Gasteiger partial charge in [-0.15, -0.1) is 0 Å². The highest BCUT2D eigenvalue weighted by Gasteiger charge is 2.38. The van der Waals surface area contributed by atoms with Crippen LogP contribution >= 0.6 is 0 Å². The standard InChI is InChI=1S/C10H18N4O4S/c1-3-18-9(15)12-19(16,17)13-10(8-11)4-6-14(2)7-5-10/h13H,3-7H2,1-2H3,(H,12,15). The molecule has 0 radical (unpaired) electrons. The fraction of sp³-hybridized carbons (Fsp3) is 0.800. The zero-order valence-electron chi connectivity index (χ0n) is 11.0. The van der Waals surface area contributed by atoms with Crippen molar-refractivity contribution < 1.29 is 17.9 Å². The van der Waals surface area contributed by atoms with Gasteiger partial charge in [-0.2, -0.15) is 18.4 Å². The zero-order chi connectivity index (χ0) is 14.5. The summed E-state index contributed by atoms with van der Waals surface area (Å²) in [5.41, 5.74) is -1.18. The average Bonchev–Trinajstić information content (AvgIpc) is 2.31. The summed E-state index contributed by atoms with van der Waals surface area (Å²) in [5.74, 6) is 0. The van der Waals surface area contributed by atoms with Gasteiger partial charge < -0.3 is 9.64 Å². The first-order valence-corrected chi connectivity index (χ1v) is 7.39. The Labute approximate surface area is 112 Å². The molecule has 0 unspecified atom stereocenters. The van der Waals surface area contributed by atoms with Crippen molar-refractivity contribution in [1.82, 2.24) is 14.3 Å². The SMILES string of the molecule is CCOC(=O)NS(=O)(=O)NC1(C#N)CCN(C)CC1. The van der Waals surface area contributed by atoms with Gasteiger partial charge >= 0.3 is 16.3 Å². The number of rotatable bonds is 4. The first kappa shape index (κ1) is 15.7. The van der Waals surface area contributed by atoms with Crippen LogP contribution in [0.1, 0.15) is 19.8 Å². The molecule has 0 aromatic heterocycles. The van der Waals surface area contributed by atoms with Crippen molar-refractivity contribution in [3.8, 4) is 6.07 Å². The van der Waals surface area contributed by atoms with Crippen LogP contribution in [-0.4, -0.2) is 51.7 Å². The smallest absolute Gasteiger partial charge is 0.421 e. The molecule has 1 aliphatic rings. The third-order valence-corrected chi connectivity index (χ3v) is 3.97. The van der Waals surface area contributed by atoms with Gasteiger partial charge in [-0.25, -0.2) is 9.52 Å². The summed E-state index contributed by atoms with van der Waals surface area (Å²) in [4.78, 5) is 13.1. The number of nitriles is 1. The lowest BCUT2D eigenvalue weighted by Gasteiger charge is -2.35. The molecule has 1 heterocycles. The molecular formula is C10H18N4O4S. The Hall–Kier alpha value is -1.37. The van der Waals surface area contributed by atoms with Crippen LogP contribution in [0.25, 0.3) is 0 Å². The fourth-order valence-corrected chi connectivity index (χ4v) is 2.88. The van der Waals surface area contributed by atoms with Crippen molar-refractivity contribution in [2.45, 2.75) is 25.3 Å². The molecule has 0 aromatic rings. The molecule has 19 heavy (non-hydrogen) atoms. The normalized spacial score (nSPS) is 19.4. The monoisotopic (exact) mass is 290 g/mol. The maximum absolute atomic E-state index is 11.7. The van der Waals surface area contributed by atoms with E-state index in [1.807, 2.05) is 18.0 Å². The Morgan fingerprint density at radius 3 is 2.53 bits per heavy atom. The molecule has 0 aliphatic carbocycles. The Morgan fingerprint density at radius 2 is 2.05 bits per heavy atom. The van der Waals surface area contributed by atoms with Gasteiger partial charge in [0.1, 0.15) is 5.54 Å². The van der Waals surface area contributed by atoms with Crippen molar-refractivity contribution in [2.24, 2.45) is 0 Å². The molecule has 1 saturated heterocycles. The molecule has 108 valence electrons. The summed E-state index contributed by atoms with van der Waals surface area (Å²) in [5, 5.41) is 9.19. The molecule has 9 heteroatoms. The summed E-state index contributed by atoms with van der Waals surface area (Å²) in [6.07, 6.45) is -0.330. The van der Waals surface area contributed by atoms with Crippen LogP contribution in [-0.2, 0) is 14.9 Å². The molecule has 0 spiro atoms. The number of hydrogen-bond acceptors (Lipinski definition) is 6. The van der Waals surface area contributed by atoms with Crippen molar-refractivity contribution in [3.63, 3.8) is 0 Å². The van der Waals surface area contributed by atoms with Crippen molar-refractivity contribution in [2.75, 3.05) is 26.7 Å². The third kappa shape index (κ3) is 4.66. The highest BCUT2D eigenvalue weighted by Crippen LogP contribution is 2.21. The number of nitrogens with one attached hydrogen (secondary N) is 2. The van der Waals surface area contributed by atoms with Crippen molar-refractivity contribution >= 4 is 16.3 Å². The molecule has 1 rings (SSSR count). The van der Waals surface area contributed by atoms with E-state index in [1.165, 1.54) is 0 Å². The van der Waals surface area contributed by atoms with Gasteiger partial charge in [0.2, 0.25) is 0 Å². The number of nitrogens with zero attached hydrogens (tertiary/aromatic N) is 2. The minimum atomic E-state index is -4.11. The Balaban J connectivity index is 2.70. The molecule has 0 saturated carbocycles. The second-order valence-electron chi connectivity index (χ2n) is 4.43. The largest absolute Gasteiger partial charge is 0.449 e. The summed E-state index contributed by atoms with van der Waals surface area (Å²) >= 11 is 0.